The molecule has 0 aliphatic carbocycles. The van der Waals surface area contributed by atoms with Gasteiger partial charge in [0.05, 0.1) is 6.61 Å². The smallest absolute Gasteiger partial charge is 0.0508 e. The molecule has 1 rings (SSSR count). The van der Waals surface area contributed by atoms with Gasteiger partial charge >= 0.3 is 0 Å². The molecule has 0 bridgehead atoms. The van der Waals surface area contributed by atoms with Crippen LogP contribution in [0.3, 0.4) is 0 Å². The fraction of sp³-hybridized carbons (Fsp3) is 0.538. The predicted octanol–water partition coefficient (Wildman–Crippen LogP) is 3.43. The molecule has 1 unspecified atom stereocenters. The van der Waals surface area contributed by atoms with E-state index in [9.17, 15) is 0 Å². The van der Waals surface area contributed by atoms with Gasteiger partial charge < -0.3 is 4.74 Å². The second-order valence-corrected chi connectivity index (χ2v) is 4.12. The number of halogens is 1. The summed E-state index contributed by atoms with van der Waals surface area (Å²) >= 11 is 5.93. The lowest BCUT2D eigenvalue weighted by molar-refractivity contribution is 0.117. The lowest BCUT2D eigenvalue weighted by Gasteiger charge is -2.15. The Bertz CT molecular complexity index is 286. The Balaban J connectivity index is 2.54. The number of rotatable bonds is 6. The minimum absolute atomic E-state index is 0.424. The molecule has 0 saturated heterocycles. The quantitative estimate of drug-likeness (QED) is 0.676. The minimum Gasteiger partial charge on any atom is -0.381 e. The van der Waals surface area contributed by atoms with Gasteiger partial charge in [-0.15, -0.1) is 11.6 Å². The Kier molecular flexibility index (Phi) is 5.74. The second kappa shape index (κ2) is 6.86. The molecule has 0 aromatic heterocycles. The number of alkyl halides is 1. The summed E-state index contributed by atoms with van der Waals surface area (Å²) in [6.07, 6.45) is 1.01. The Morgan fingerprint density at radius 1 is 1.33 bits per heavy atom. The predicted molar refractivity (Wildman–Crippen MR) is 65.6 cm³/mol. The maximum Gasteiger partial charge on any atom is 0.0508 e. The van der Waals surface area contributed by atoms with Crippen LogP contribution in [0.4, 0.5) is 0 Å². The Labute approximate surface area is 97.4 Å². The van der Waals surface area contributed by atoms with Crippen molar-refractivity contribution >= 4 is 11.6 Å². The first-order chi connectivity index (χ1) is 7.27. The molecular formula is C13H19ClO. The van der Waals surface area contributed by atoms with E-state index in [1.54, 1.807) is 0 Å². The van der Waals surface area contributed by atoms with Crippen LogP contribution in [-0.4, -0.2) is 19.1 Å². The second-order valence-electron chi connectivity index (χ2n) is 3.81. The lowest BCUT2D eigenvalue weighted by atomic mass is 9.98. The Morgan fingerprint density at radius 2 is 2.07 bits per heavy atom. The zero-order chi connectivity index (χ0) is 11.1. The summed E-state index contributed by atoms with van der Waals surface area (Å²) in [6.45, 7) is 5.68. The average molecular weight is 227 g/mol. The summed E-state index contributed by atoms with van der Waals surface area (Å²) in [7, 11) is 0. The molecule has 0 aliphatic heterocycles. The van der Waals surface area contributed by atoms with Crippen LogP contribution < -0.4 is 0 Å². The van der Waals surface area contributed by atoms with Crippen molar-refractivity contribution in [2.24, 2.45) is 5.92 Å². The summed E-state index contributed by atoms with van der Waals surface area (Å²) in [5, 5.41) is 0. The Morgan fingerprint density at radius 3 is 2.67 bits per heavy atom. The molecule has 15 heavy (non-hydrogen) atoms. The fourth-order valence-corrected chi connectivity index (χ4v) is 1.79. The van der Waals surface area contributed by atoms with Crippen molar-refractivity contribution in [3.63, 3.8) is 0 Å². The van der Waals surface area contributed by atoms with Crippen LogP contribution in [0.15, 0.2) is 24.3 Å². The molecule has 84 valence electrons. The van der Waals surface area contributed by atoms with Gasteiger partial charge in [-0.05, 0) is 37.3 Å². The van der Waals surface area contributed by atoms with E-state index in [-0.39, 0.29) is 0 Å². The number of aryl methyl sites for hydroxylation is 1. The van der Waals surface area contributed by atoms with Gasteiger partial charge in [-0.1, -0.05) is 24.3 Å². The van der Waals surface area contributed by atoms with Crippen molar-refractivity contribution in [3.8, 4) is 0 Å². The van der Waals surface area contributed by atoms with Crippen LogP contribution in [0.1, 0.15) is 18.1 Å². The molecule has 0 aliphatic rings. The van der Waals surface area contributed by atoms with Gasteiger partial charge in [-0.25, -0.2) is 0 Å². The molecule has 1 atom stereocenters. The summed E-state index contributed by atoms with van der Waals surface area (Å²) in [5.74, 6) is 1.08. The van der Waals surface area contributed by atoms with Crippen LogP contribution in [0.2, 0.25) is 0 Å². The SMILES string of the molecule is CCOCC(CCl)Cc1ccccc1C. The summed E-state index contributed by atoms with van der Waals surface area (Å²) in [6, 6.07) is 8.45. The Hall–Kier alpha value is -0.530. The van der Waals surface area contributed by atoms with Crippen LogP contribution in [0, 0.1) is 12.8 Å². The molecular weight excluding hydrogens is 208 g/mol. The van der Waals surface area contributed by atoms with E-state index in [1.165, 1.54) is 11.1 Å². The van der Waals surface area contributed by atoms with Gasteiger partial charge in [0.1, 0.15) is 0 Å². The first-order valence-corrected chi connectivity index (χ1v) is 5.99. The maximum atomic E-state index is 5.93. The third-order valence-electron chi connectivity index (χ3n) is 2.55. The molecule has 0 amide bonds. The highest BCUT2D eigenvalue weighted by atomic mass is 35.5. The maximum absolute atomic E-state index is 5.93. The van der Waals surface area contributed by atoms with Gasteiger partial charge in [0, 0.05) is 12.5 Å². The van der Waals surface area contributed by atoms with E-state index < -0.39 is 0 Å². The molecule has 0 saturated carbocycles. The molecule has 0 heterocycles. The zero-order valence-electron chi connectivity index (χ0n) is 9.50. The van der Waals surface area contributed by atoms with E-state index in [0.29, 0.717) is 11.8 Å². The summed E-state index contributed by atoms with van der Waals surface area (Å²) < 4.78 is 5.41. The number of ether oxygens (including phenoxy) is 1. The average Bonchev–Trinajstić information content (AvgIpc) is 2.26. The molecule has 0 fully saturated rings. The van der Waals surface area contributed by atoms with E-state index in [0.717, 1.165) is 19.6 Å². The van der Waals surface area contributed by atoms with Gasteiger partial charge in [-0.2, -0.15) is 0 Å². The third kappa shape index (κ3) is 4.23. The summed E-state index contributed by atoms with van der Waals surface area (Å²) in [5.41, 5.74) is 2.71. The molecule has 0 spiro atoms. The van der Waals surface area contributed by atoms with Crippen molar-refractivity contribution in [3.05, 3.63) is 35.4 Å². The van der Waals surface area contributed by atoms with Crippen LogP contribution in [0.5, 0.6) is 0 Å². The van der Waals surface area contributed by atoms with Crippen molar-refractivity contribution in [2.75, 3.05) is 19.1 Å². The monoisotopic (exact) mass is 226 g/mol. The van der Waals surface area contributed by atoms with Gasteiger partial charge in [0.15, 0.2) is 0 Å². The largest absolute Gasteiger partial charge is 0.381 e. The minimum atomic E-state index is 0.424. The molecule has 2 heteroatoms. The first kappa shape index (κ1) is 12.5. The highest BCUT2D eigenvalue weighted by molar-refractivity contribution is 6.18. The molecule has 1 aromatic carbocycles. The highest BCUT2D eigenvalue weighted by Crippen LogP contribution is 2.14. The zero-order valence-corrected chi connectivity index (χ0v) is 10.3. The van der Waals surface area contributed by atoms with E-state index in [4.69, 9.17) is 16.3 Å². The molecule has 1 nitrogen and oxygen atoms in total. The van der Waals surface area contributed by atoms with Crippen molar-refractivity contribution < 1.29 is 4.74 Å². The van der Waals surface area contributed by atoms with Crippen LogP contribution in [-0.2, 0) is 11.2 Å². The first-order valence-electron chi connectivity index (χ1n) is 5.46. The standard InChI is InChI=1S/C13H19ClO/c1-3-15-10-12(9-14)8-13-7-5-4-6-11(13)2/h4-7,12H,3,8-10H2,1-2H3. The van der Waals surface area contributed by atoms with E-state index >= 15 is 0 Å². The lowest BCUT2D eigenvalue weighted by Crippen LogP contribution is -2.14. The number of benzene rings is 1. The highest BCUT2D eigenvalue weighted by Gasteiger charge is 2.09. The normalized spacial score (nSPS) is 12.7. The summed E-state index contributed by atoms with van der Waals surface area (Å²) in [4.78, 5) is 0. The molecule has 1 aromatic rings. The third-order valence-corrected chi connectivity index (χ3v) is 2.98. The van der Waals surface area contributed by atoms with E-state index in [1.807, 2.05) is 6.92 Å². The van der Waals surface area contributed by atoms with Gasteiger partial charge in [0.25, 0.3) is 0 Å². The molecule has 0 radical (unpaired) electrons. The fourth-order valence-electron chi connectivity index (χ4n) is 1.59. The molecule has 0 N–H and O–H groups in total. The number of hydrogen-bond acceptors (Lipinski definition) is 1. The van der Waals surface area contributed by atoms with Crippen LogP contribution in [0.25, 0.3) is 0 Å². The van der Waals surface area contributed by atoms with Crippen molar-refractivity contribution in [1.29, 1.82) is 0 Å². The van der Waals surface area contributed by atoms with Crippen molar-refractivity contribution in [1.82, 2.24) is 0 Å². The number of hydrogen-bond donors (Lipinski definition) is 0. The van der Waals surface area contributed by atoms with Gasteiger partial charge in [0.2, 0.25) is 0 Å². The van der Waals surface area contributed by atoms with Crippen LogP contribution >= 0.6 is 11.6 Å². The van der Waals surface area contributed by atoms with Gasteiger partial charge in [-0.3, -0.25) is 0 Å². The van der Waals surface area contributed by atoms with Crippen molar-refractivity contribution in [2.45, 2.75) is 20.3 Å². The van der Waals surface area contributed by atoms with E-state index in [2.05, 4.69) is 31.2 Å². The topological polar surface area (TPSA) is 9.23 Å².